The summed E-state index contributed by atoms with van der Waals surface area (Å²) in [7, 11) is 5.96. The number of nitrogens with zero attached hydrogens (tertiary/aromatic N) is 1. The van der Waals surface area contributed by atoms with Gasteiger partial charge in [0.2, 0.25) is 0 Å². The average molecular weight is 1420 g/mol. The Morgan fingerprint density at radius 2 is 0.564 bits per heavy atom. The summed E-state index contributed by atoms with van der Waals surface area (Å²) in [6, 6.07) is 0. The molecule has 0 spiro atoms. The molecule has 0 aliphatic carbocycles. The lowest BCUT2D eigenvalue weighted by Crippen LogP contribution is -2.44. The van der Waals surface area contributed by atoms with E-state index in [4.69, 9.17) is 18.9 Å². The highest BCUT2D eigenvalue weighted by atomic mass is 16.7. The number of carboxylic acid groups (broad SMARTS) is 1. The minimum absolute atomic E-state index is 0.150. The number of carbonyl (C=O) groups is 3. The van der Waals surface area contributed by atoms with Crippen LogP contribution in [0.2, 0.25) is 0 Å². The van der Waals surface area contributed by atoms with E-state index in [1.807, 2.05) is 21.1 Å². The minimum Gasteiger partial charge on any atom is -0.545 e. The monoisotopic (exact) mass is 1420 g/mol. The molecule has 0 rings (SSSR count). The number of carboxylic acids is 1. The van der Waals surface area contributed by atoms with E-state index < -0.39 is 24.3 Å². The molecule has 2 atom stereocenters. The maximum Gasteiger partial charge on any atom is 0.306 e. The Bertz CT molecular complexity index is 1850. The number of hydrogen-bond donors (Lipinski definition) is 0. The molecule has 0 N–H and O–H groups in total. The zero-order valence-electron chi connectivity index (χ0n) is 68.1. The van der Waals surface area contributed by atoms with Gasteiger partial charge >= 0.3 is 11.9 Å². The smallest absolute Gasteiger partial charge is 0.306 e. The molecule has 0 heterocycles. The molecule has 592 valence electrons. The van der Waals surface area contributed by atoms with E-state index in [2.05, 4.69) is 74.6 Å². The first kappa shape index (κ1) is 98.0. The normalized spacial score (nSPS) is 12.8. The van der Waals surface area contributed by atoms with E-state index in [1.165, 1.54) is 353 Å². The second-order valence-electron chi connectivity index (χ2n) is 31.5. The highest BCUT2D eigenvalue weighted by Crippen LogP contribution is 2.21. The number of ether oxygens (including phenoxy) is 4. The van der Waals surface area contributed by atoms with Crippen molar-refractivity contribution < 1.29 is 42.9 Å². The maximum absolute atomic E-state index is 13.0. The summed E-state index contributed by atoms with van der Waals surface area (Å²) in [5, 5.41) is 11.9. The number of allylic oxidation sites excluding steroid dienone is 10. The van der Waals surface area contributed by atoms with E-state index >= 15 is 0 Å². The third kappa shape index (κ3) is 84.1. The van der Waals surface area contributed by atoms with Crippen LogP contribution in [0.3, 0.4) is 0 Å². The van der Waals surface area contributed by atoms with Crippen LogP contribution in [0.15, 0.2) is 60.8 Å². The fourth-order valence-corrected chi connectivity index (χ4v) is 13.6. The zero-order valence-corrected chi connectivity index (χ0v) is 68.1. The Hall–Kier alpha value is -3.01. The lowest BCUT2D eigenvalue weighted by molar-refractivity contribution is -0.870. The number of esters is 2. The molecule has 0 saturated carbocycles. The molecule has 0 saturated heterocycles. The summed E-state index contributed by atoms with van der Waals surface area (Å²) >= 11 is 0. The lowest BCUT2D eigenvalue weighted by atomic mass is 10.0. The van der Waals surface area contributed by atoms with Gasteiger partial charge in [0.1, 0.15) is 13.2 Å². The Balaban J connectivity index is 3.90. The quantitative estimate of drug-likeness (QED) is 0.0195. The van der Waals surface area contributed by atoms with Gasteiger partial charge in [-0.2, -0.15) is 0 Å². The topological polar surface area (TPSA) is 111 Å². The van der Waals surface area contributed by atoms with Gasteiger partial charge in [-0.3, -0.25) is 9.59 Å². The standard InChI is InChI=1S/C92H171NO8/c1-6-8-10-12-14-16-18-20-22-24-26-28-30-32-34-36-38-40-42-43-44-45-46-47-49-50-52-54-56-58-60-62-64-66-68-70-72-74-76-78-80-82-89(94)99-86-88(87-100-92(91(96)97)98-85-84-93(3,4)5)101-90(95)83-81-79-77-75-73-71-69-67-65-63-61-59-57-55-53-51-48-41-39-37-35-33-31-29-27-25-23-21-19-17-15-13-11-9-7-2/h9,11,15,17,21,23,27,29,33,35,88,92H,6-8,10,12-14,16,18-20,22,24-26,28,30-32,34,36-87H2,1-5H3/b11-9-,17-15-,23-21-,29-27-,35-33-. The van der Waals surface area contributed by atoms with Crippen LogP contribution in [0.4, 0.5) is 0 Å². The van der Waals surface area contributed by atoms with Crippen molar-refractivity contribution in [3.05, 3.63) is 60.8 Å². The van der Waals surface area contributed by atoms with Crippen LogP contribution >= 0.6 is 0 Å². The van der Waals surface area contributed by atoms with Crippen molar-refractivity contribution in [3.8, 4) is 0 Å². The molecule has 0 fully saturated rings. The number of aliphatic carboxylic acids is 1. The van der Waals surface area contributed by atoms with Gasteiger partial charge in [0.05, 0.1) is 40.3 Å². The molecule has 9 heteroatoms. The van der Waals surface area contributed by atoms with Gasteiger partial charge < -0.3 is 33.3 Å². The number of likely N-dealkylation sites (N-methyl/N-ethyl adjacent to an activating group) is 1. The van der Waals surface area contributed by atoms with E-state index in [1.54, 1.807) is 0 Å². The first-order valence-corrected chi connectivity index (χ1v) is 44.4. The van der Waals surface area contributed by atoms with Crippen molar-refractivity contribution in [1.29, 1.82) is 0 Å². The fraction of sp³-hybridized carbons (Fsp3) is 0.859. The predicted octanol–water partition coefficient (Wildman–Crippen LogP) is 27.6. The Kier molecular flexibility index (Phi) is 80.2. The maximum atomic E-state index is 13.0. The van der Waals surface area contributed by atoms with Crippen LogP contribution in [-0.4, -0.2) is 82.3 Å². The van der Waals surface area contributed by atoms with Crippen LogP contribution < -0.4 is 5.11 Å². The molecular weight excluding hydrogens is 1250 g/mol. The lowest BCUT2D eigenvalue weighted by Gasteiger charge is -2.26. The summed E-state index contributed by atoms with van der Waals surface area (Å²) in [5.41, 5.74) is 0. The largest absolute Gasteiger partial charge is 0.545 e. The molecule has 0 aromatic heterocycles. The zero-order chi connectivity index (χ0) is 73.2. The van der Waals surface area contributed by atoms with Gasteiger partial charge in [0.15, 0.2) is 12.4 Å². The van der Waals surface area contributed by atoms with Crippen molar-refractivity contribution in [1.82, 2.24) is 0 Å². The van der Waals surface area contributed by atoms with Crippen LogP contribution in [0.1, 0.15) is 450 Å². The van der Waals surface area contributed by atoms with Crippen molar-refractivity contribution in [2.45, 2.75) is 463 Å². The molecule has 0 bridgehead atoms. The number of rotatable bonds is 84. The molecule has 0 aromatic carbocycles. The van der Waals surface area contributed by atoms with Crippen LogP contribution in [0.5, 0.6) is 0 Å². The molecule has 0 radical (unpaired) electrons. The van der Waals surface area contributed by atoms with E-state index in [0.717, 1.165) is 64.2 Å². The minimum atomic E-state index is -1.62. The van der Waals surface area contributed by atoms with E-state index in [0.29, 0.717) is 23.9 Å². The Labute approximate surface area is 628 Å². The highest BCUT2D eigenvalue weighted by molar-refractivity contribution is 5.70. The highest BCUT2D eigenvalue weighted by Gasteiger charge is 2.22. The second-order valence-corrected chi connectivity index (χ2v) is 31.5. The van der Waals surface area contributed by atoms with Crippen molar-refractivity contribution in [2.75, 3.05) is 47.5 Å². The molecule has 0 aromatic rings. The molecular formula is C92H171NO8. The molecule has 0 aliphatic heterocycles. The molecule has 9 nitrogen and oxygen atoms in total. The van der Waals surface area contributed by atoms with Crippen LogP contribution in [0.25, 0.3) is 0 Å². The van der Waals surface area contributed by atoms with Crippen molar-refractivity contribution in [3.63, 3.8) is 0 Å². The van der Waals surface area contributed by atoms with Crippen LogP contribution in [-0.2, 0) is 33.3 Å². The number of hydrogen-bond acceptors (Lipinski definition) is 8. The summed E-state index contributed by atoms with van der Waals surface area (Å²) < 4.78 is 22.9. The molecule has 0 aliphatic rings. The molecule has 2 unspecified atom stereocenters. The summed E-state index contributed by atoms with van der Waals surface area (Å²) in [6.07, 6.45) is 108. The Morgan fingerprint density at radius 1 is 0.307 bits per heavy atom. The van der Waals surface area contributed by atoms with Gasteiger partial charge in [-0.15, -0.1) is 0 Å². The average Bonchev–Trinajstić information content (AvgIpc) is 1.25. The fourth-order valence-electron chi connectivity index (χ4n) is 13.6. The van der Waals surface area contributed by atoms with Gasteiger partial charge in [0, 0.05) is 12.8 Å². The predicted molar refractivity (Wildman–Crippen MR) is 435 cm³/mol. The van der Waals surface area contributed by atoms with E-state index in [9.17, 15) is 19.5 Å². The third-order valence-electron chi connectivity index (χ3n) is 20.3. The molecule has 101 heavy (non-hydrogen) atoms. The van der Waals surface area contributed by atoms with E-state index in [-0.39, 0.29) is 32.2 Å². The van der Waals surface area contributed by atoms with Gasteiger partial charge in [0.25, 0.3) is 0 Å². The summed E-state index contributed by atoms with van der Waals surface area (Å²) in [6.45, 7) is 4.72. The van der Waals surface area contributed by atoms with Gasteiger partial charge in [-0.25, -0.2) is 0 Å². The SMILES string of the molecule is CC/C=C\C/C=C\C/C=C\C/C=C\C/C=C\CCCCCCCCCCCCCCCCCCCCCC(=O)OC(COC(=O)CCCCCCCCCCCCCCCCCCCCCCCCCCCCCCCCCCCCCCCCCCC)COC(OCC[N+](C)(C)C)C(=O)[O-]. The Morgan fingerprint density at radius 3 is 0.842 bits per heavy atom. The van der Waals surface area contributed by atoms with Gasteiger partial charge in [-0.05, 0) is 57.8 Å². The number of quaternary nitrogens is 1. The first-order valence-electron chi connectivity index (χ1n) is 44.4. The van der Waals surface area contributed by atoms with Crippen LogP contribution in [0, 0.1) is 0 Å². The number of unbranched alkanes of at least 4 members (excludes halogenated alkanes) is 59. The summed E-state index contributed by atoms with van der Waals surface area (Å²) in [5.74, 6) is -2.25. The first-order chi connectivity index (χ1) is 49.6. The van der Waals surface area contributed by atoms with Gasteiger partial charge in [-0.1, -0.05) is 441 Å². The second kappa shape index (κ2) is 82.6. The third-order valence-corrected chi connectivity index (χ3v) is 20.3. The summed E-state index contributed by atoms with van der Waals surface area (Å²) in [4.78, 5) is 37.7. The molecule has 0 amide bonds. The van der Waals surface area contributed by atoms with Crippen molar-refractivity contribution >= 4 is 17.9 Å². The van der Waals surface area contributed by atoms with Crippen molar-refractivity contribution in [2.24, 2.45) is 0 Å². The number of carbonyl (C=O) groups excluding carboxylic acids is 3.